The first-order valence-corrected chi connectivity index (χ1v) is 7.33. The summed E-state index contributed by atoms with van der Waals surface area (Å²) in [5.74, 6) is -2.23. The predicted octanol–water partition coefficient (Wildman–Crippen LogP) is 1.42. The van der Waals surface area contributed by atoms with Crippen LogP contribution in [0.25, 0.3) is 5.69 Å². The molecule has 1 aromatic carbocycles. The van der Waals surface area contributed by atoms with E-state index in [4.69, 9.17) is 5.11 Å². The molecule has 1 saturated heterocycles. The fraction of sp³-hybridized carbons (Fsp3) is 0.267. The van der Waals surface area contributed by atoms with Gasteiger partial charge >= 0.3 is 5.97 Å². The van der Waals surface area contributed by atoms with Gasteiger partial charge in [0.25, 0.3) is 11.6 Å². The second-order valence-corrected chi connectivity index (χ2v) is 5.64. The van der Waals surface area contributed by atoms with Crippen LogP contribution in [0.5, 0.6) is 0 Å². The molecule has 0 spiro atoms. The summed E-state index contributed by atoms with van der Waals surface area (Å²) in [6.07, 6.45) is 1.09. The summed E-state index contributed by atoms with van der Waals surface area (Å²) in [6, 6.07) is 7.23. The van der Waals surface area contributed by atoms with E-state index in [0.29, 0.717) is 0 Å². The summed E-state index contributed by atoms with van der Waals surface area (Å²) in [6.45, 7) is -0.598. The van der Waals surface area contributed by atoms with Crippen molar-refractivity contribution in [1.29, 1.82) is 0 Å². The summed E-state index contributed by atoms with van der Waals surface area (Å²) in [4.78, 5) is 34.9. The zero-order chi connectivity index (χ0) is 18.2. The molecular formula is C15H13FN4O5. The van der Waals surface area contributed by atoms with Crippen molar-refractivity contribution in [1.82, 2.24) is 14.7 Å². The Morgan fingerprint density at radius 1 is 1.32 bits per heavy atom. The molecule has 1 N–H and O–H groups in total. The Bertz CT molecular complexity index is 867. The lowest BCUT2D eigenvalue weighted by Gasteiger charge is -2.16. The highest BCUT2D eigenvalue weighted by Crippen LogP contribution is 2.27. The van der Waals surface area contributed by atoms with Gasteiger partial charge < -0.3 is 10.0 Å². The molecule has 1 atom stereocenters. The summed E-state index contributed by atoms with van der Waals surface area (Å²) < 4.78 is 15.3. The number of aliphatic carboxylic acids is 1. The van der Waals surface area contributed by atoms with Crippen molar-refractivity contribution in [2.45, 2.75) is 12.1 Å². The van der Waals surface area contributed by atoms with Crippen LogP contribution in [0.1, 0.15) is 16.9 Å². The third-order valence-corrected chi connectivity index (χ3v) is 4.02. The molecule has 1 aliphatic heterocycles. The number of amides is 1. The Kier molecular flexibility index (Phi) is 3.95. The Balaban J connectivity index is 1.84. The third kappa shape index (κ3) is 2.93. The minimum absolute atomic E-state index is 0.0417. The largest absolute Gasteiger partial charge is 0.479 e. The fourth-order valence-electron chi connectivity index (χ4n) is 2.67. The molecule has 2 aromatic rings. The number of likely N-dealkylation sites (tertiary alicyclic amines) is 1. The molecule has 0 saturated carbocycles. The number of hydrogen-bond acceptors (Lipinski definition) is 5. The van der Waals surface area contributed by atoms with Gasteiger partial charge in [0.15, 0.2) is 5.69 Å². The van der Waals surface area contributed by atoms with Crippen LogP contribution in [0.2, 0.25) is 0 Å². The molecule has 130 valence electrons. The number of carboxylic acids is 1. The smallest absolute Gasteiger partial charge is 0.343 e. The number of nitro groups is 1. The molecule has 10 heteroatoms. The van der Waals surface area contributed by atoms with Crippen LogP contribution < -0.4 is 0 Å². The van der Waals surface area contributed by atoms with E-state index in [2.05, 4.69) is 5.10 Å². The molecule has 1 aromatic heterocycles. The van der Waals surface area contributed by atoms with Gasteiger partial charge in [0.1, 0.15) is 5.69 Å². The zero-order valence-corrected chi connectivity index (χ0v) is 12.8. The molecule has 0 aliphatic carbocycles. The van der Waals surface area contributed by atoms with E-state index in [0.717, 1.165) is 4.90 Å². The quantitative estimate of drug-likeness (QED) is 0.659. The highest BCUT2D eigenvalue weighted by Gasteiger charge is 2.47. The van der Waals surface area contributed by atoms with E-state index in [1.54, 1.807) is 6.07 Å². The molecule has 9 nitrogen and oxygen atoms in total. The van der Waals surface area contributed by atoms with Crippen LogP contribution in [0.15, 0.2) is 36.5 Å². The number of carbonyl (C=O) groups is 2. The Hall–Kier alpha value is -3.30. The van der Waals surface area contributed by atoms with Crippen molar-refractivity contribution in [2.24, 2.45) is 0 Å². The lowest BCUT2D eigenvalue weighted by Crippen LogP contribution is -2.39. The SMILES string of the molecule is O=C(c1ccn(-c2ccccc2[N+](=O)[O-])n1)N1CCC(F)(C(=O)O)C1. The molecular weight excluding hydrogens is 335 g/mol. The van der Waals surface area contributed by atoms with E-state index < -0.39 is 29.0 Å². The minimum atomic E-state index is -2.46. The number of hydrogen-bond donors (Lipinski definition) is 1. The number of benzene rings is 1. The van der Waals surface area contributed by atoms with Crippen LogP contribution in [-0.2, 0) is 4.79 Å². The van der Waals surface area contributed by atoms with Gasteiger partial charge in [-0.2, -0.15) is 5.10 Å². The number of carbonyl (C=O) groups excluding carboxylic acids is 1. The number of nitrogens with zero attached hydrogens (tertiary/aromatic N) is 4. The molecule has 1 unspecified atom stereocenters. The van der Waals surface area contributed by atoms with Gasteiger partial charge in [0.2, 0.25) is 5.67 Å². The molecule has 0 radical (unpaired) electrons. The van der Waals surface area contributed by atoms with Crippen LogP contribution in [0, 0.1) is 10.1 Å². The topological polar surface area (TPSA) is 119 Å². The van der Waals surface area contributed by atoms with Crippen molar-refractivity contribution >= 4 is 17.6 Å². The number of carboxylic acid groups (broad SMARTS) is 1. The number of halogens is 1. The second-order valence-electron chi connectivity index (χ2n) is 5.64. The number of alkyl halides is 1. The molecule has 3 rings (SSSR count). The first kappa shape index (κ1) is 16.6. The highest BCUT2D eigenvalue weighted by atomic mass is 19.1. The lowest BCUT2D eigenvalue weighted by atomic mass is 10.1. The van der Waals surface area contributed by atoms with Gasteiger partial charge in [-0.15, -0.1) is 0 Å². The van der Waals surface area contributed by atoms with Crippen LogP contribution >= 0.6 is 0 Å². The molecule has 1 aliphatic rings. The van der Waals surface area contributed by atoms with Crippen molar-refractivity contribution in [3.63, 3.8) is 0 Å². The van der Waals surface area contributed by atoms with Gasteiger partial charge in [-0.05, 0) is 12.1 Å². The first-order valence-electron chi connectivity index (χ1n) is 7.33. The minimum Gasteiger partial charge on any atom is -0.479 e. The Morgan fingerprint density at radius 3 is 2.68 bits per heavy atom. The van der Waals surface area contributed by atoms with Crippen molar-refractivity contribution in [3.8, 4) is 5.69 Å². The molecule has 1 amide bonds. The standard InChI is InChI=1S/C15H13FN4O5/c16-15(14(22)23)6-8-18(9-15)13(21)10-5-7-19(17-10)11-3-1-2-4-12(11)20(24)25/h1-5,7H,6,8-9H2,(H,22,23). The number of rotatable bonds is 4. The lowest BCUT2D eigenvalue weighted by molar-refractivity contribution is -0.384. The summed E-state index contributed by atoms with van der Waals surface area (Å²) in [5, 5.41) is 24.0. The maximum Gasteiger partial charge on any atom is 0.343 e. The number of para-hydroxylation sites is 2. The fourth-order valence-corrected chi connectivity index (χ4v) is 2.67. The van der Waals surface area contributed by atoms with Gasteiger partial charge in [0.05, 0.1) is 11.5 Å². The van der Waals surface area contributed by atoms with E-state index >= 15 is 0 Å². The molecule has 1 fully saturated rings. The van der Waals surface area contributed by atoms with Crippen molar-refractivity contribution in [2.75, 3.05) is 13.1 Å². The third-order valence-electron chi connectivity index (χ3n) is 4.02. The van der Waals surface area contributed by atoms with Crippen molar-refractivity contribution < 1.29 is 24.0 Å². The average molecular weight is 348 g/mol. The maximum atomic E-state index is 14.1. The van der Waals surface area contributed by atoms with Gasteiger partial charge in [-0.1, -0.05) is 12.1 Å². The molecule has 25 heavy (non-hydrogen) atoms. The first-order chi connectivity index (χ1) is 11.8. The van der Waals surface area contributed by atoms with E-state index in [-0.39, 0.29) is 30.0 Å². The van der Waals surface area contributed by atoms with Crippen LogP contribution in [0.3, 0.4) is 0 Å². The van der Waals surface area contributed by atoms with Crippen LogP contribution in [-0.4, -0.2) is 55.3 Å². The normalized spacial score (nSPS) is 19.8. The van der Waals surface area contributed by atoms with Crippen LogP contribution in [0.4, 0.5) is 10.1 Å². The number of aromatic nitrogens is 2. The van der Waals surface area contributed by atoms with E-state index in [1.165, 1.54) is 35.1 Å². The van der Waals surface area contributed by atoms with Crippen molar-refractivity contribution in [3.05, 3.63) is 52.3 Å². The second kappa shape index (κ2) is 5.96. The predicted molar refractivity (Wildman–Crippen MR) is 82.2 cm³/mol. The summed E-state index contributed by atoms with van der Waals surface area (Å²) in [7, 11) is 0. The summed E-state index contributed by atoms with van der Waals surface area (Å²) in [5.41, 5.74) is -2.51. The molecule has 0 bridgehead atoms. The maximum absolute atomic E-state index is 14.1. The zero-order valence-electron chi connectivity index (χ0n) is 12.8. The van der Waals surface area contributed by atoms with Gasteiger partial charge in [0, 0.05) is 25.2 Å². The Labute approximate surface area is 140 Å². The Morgan fingerprint density at radius 2 is 2.04 bits per heavy atom. The monoisotopic (exact) mass is 348 g/mol. The highest BCUT2D eigenvalue weighted by molar-refractivity contribution is 5.93. The average Bonchev–Trinajstić information content (AvgIpc) is 3.22. The van der Waals surface area contributed by atoms with Gasteiger partial charge in [-0.25, -0.2) is 13.9 Å². The number of nitro benzene ring substituents is 1. The van der Waals surface area contributed by atoms with E-state index in [1.807, 2.05) is 0 Å². The molecule has 2 heterocycles. The van der Waals surface area contributed by atoms with Gasteiger partial charge in [-0.3, -0.25) is 14.9 Å². The van der Waals surface area contributed by atoms with E-state index in [9.17, 15) is 24.1 Å². The summed E-state index contributed by atoms with van der Waals surface area (Å²) >= 11 is 0.